The van der Waals surface area contributed by atoms with Crippen LogP contribution >= 0.6 is 0 Å². The number of benzene rings is 1. The molecule has 0 aromatic heterocycles. The molecule has 0 radical (unpaired) electrons. The molecule has 1 saturated carbocycles. The van der Waals surface area contributed by atoms with Gasteiger partial charge in [0.15, 0.2) is 11.6 Å². The predicted octanol–water partition coefficient (Wildman–Crippen LogP) is 5.77. The first-order valence-corrected chi connectivity index (χ1v) is 8.52. The fourth-order valence-corrected chi connectivity index (χ4v) is 3.53. The maximum atomic E-state index is 13.9. The molecule has 0 spiro atoms. The van der Waals surface area contributed by atoms with Gasteiger partial charge in [-0.05, 0) is 36.3 Å². The second kappa shape index (κ2) is 8.27. The van der Waals surface area contributed by atoms with E-state index in [0.717, 1.165) is 12.3 Å². The molecular formula is C19H25F2N. The van der Waals surface area contributed by atoms with Gasteiger partial charge in [0.1, 0.15) is 6.07 Å². The molecule has 1 aliphatic carbocycles. The summed E-state index contributed by atoms with van der Waals surface area (Å²) < 4.78 is 27.5. The third kappa shape index (κ3) is 4.29. The molecule has 1 aromatic rings. The number of unbranched alkanes of at least 4 members (excludes halogenated alkanes) is 1. The monoisotopic (exact) mass is 305 g/mol. The lowest BCUT2D eigenvalue weighted by Crippen LogP contribution is -2.15. The molecule has 1 aliphatic rings. The van der Waals surface area contributed by atoms with Crippen molar-refractivity contribution in [3.05, 3.63) is 34.9 Å². The van der Waals surface area contributed by atoms with Crippen LogP contribution in [0.2, 0.25) is 0 Å². The summed E-state index contributed by atoms with van der Waals surface area (Å²) in [5.41, 5.74) is 0.197. The van der Waals surface area contributed by atoms with E-state index in [1.54, 1.807) is 12.1 Å². The van der Waals surface area contributed by atoms with Gasteiger partial charge in [-0.3, -0.25) is 0 Å². The second-order valence-corrected chi connectivity index (χ2v) is 6.58. The van der Waals surface area contributed by atoms with Crippen LogP contribution in [0.4, 0.5) is 8.78 Å². The van der Waals surface area contributed by atoms with Gasteiger partial charge in [0.2, 0.25) is 0 Å². The van der Waals surface area contributed by atoms with Crippen LogP contribution < -0.4 is 0 Å². The van der Waals surface area contributed by atoms with Gasteiger partial charge in [0.05, 0.1) is 5.56 Å². The average molecular weight is 305 g/mol. The molecule has 0 saturated heterocycles. The first kappa shape index (κ1) is 16.9. The first-order chi connectivity index (χ1) is 10.7. The standard InChI is InChI=1S/C19H25F2N/c1-2-3-4-14-5-7-15(8-6-14)9-10-16-11-12-17(13-22)19(21)18(16)20/h11-12,14-15H,2-10H2,1H3. The molecule has 0 heterocycles. The van der Waals surface area contributed by atoms with Gasteiger partial charge in [-0.1, -0.05) is 57.9 Å². The summed E-state index contributed by atoms with van der Waals surface area (Å²) in [5, 5.41) is 8.70. The quantitative estimate of drug-likeness (QED) is 0.655. The number of halogens is 2. The molecule has 0 aliphatic heterocycles. The first-order valence-electron chi connectivity index (χ1n) is 8.52. The highest BCUT2D eigenvalue weighted by atomic mass is 19.2. The van der Waals surface area contributed by atoms with E-state index in [0.29, 0.717) is 17.9 Å². The Morgan fingerprint density at radius 1 is 1.05 bits per heavy atom. The lowest BCUT2D eigenvalue weighted by Gasteiger charge is -2.28. The van der Waals surface area contributed by atoms with Crippen LogP contribution in [0.1, 0.15) is 69.4 Å². The number of rotatable bonds is 6. The van der Waals surface area contributed by atoms with Crippen LogP contribution in [0.25, 0.3) is 0 Å². The average Bonchev–Trinajstić information content (AvgIpc) is 2.55. The number of nitrogens with zero attached hydrogens (tertiary/aromatic N) is 1. The van der Waals surface area contributed by atoms with Crippen molar-refractivity contribution >= 4 is 0 Å². The van der Waals surface area contributed by atoms with E-state index in [9.17, 15) is 8.78 Å². The summed E-state index contributed by atoms with van der Waals surface area (Å²) in [6.07, 6.45) is 10.4. The van der Waals surface area contributed by atoms with Crippen molar-refractivity contribution in [2.24, 2.45) is 11.8 Å². The smallest absolute Gasteiger partial charge is 0.176 e. The van der Waals surface area contributed by atoms with Crippen molar-refractivity contribution in [3.63, 3.8) is 0 Å². The van der Waals surface area contributed by atoms with E-state index < -0.39 is 11.6 Å². The zero-order valence-electron chi connectivity index (χ0n) is 13.4. The van der Waals surface area contributed by atoms with Crippen LogP contribution in [-0.4, -0.2) is 0 Å². The largest absolute Gasteiger partial charge is 0.203 e. The highest BCUT2D eigenvalue weighted by Gasteiger charge is 2.21. The molecule has 22 heavy (non-hydrogen) atoms. The molecule has 0 bridgehead atoms. The summed E-state index contributed by atoms with van der Waals surface area (Å²) in [6, 6.07) is 4.62. The fourth-order valence-electron chi connectivity index (χ4n) is 3.53. The zero-order valence-corrected chi connectivity index (χ0v) is 13.4. The third-order valence-corrected chi connectivity index (χ3v) is 5.04. The second-order valence-electron chi connectivity index (χ2n) is 6.58. The van der Waals surface area contributed by atoms with Gasteiger partial charge in [0.25, 0.3) is 0 Å². The minimum absolute atomic E-state index is 0.210. The zero-order chi connectivity index (χ0) is 15.9. The maximum Gasteiger partial charge on any atom is 0.176 e. The minimum Gasteiger partial charge on any atom is -0.203 e. The Balaban J connectivity index is 1.82. The van der Waals surface area contributed by atoms with E-state index in [1.807, 2.05) is 0 Å². The van der Waals surface area contributed by atoms with Crippen molar-refractivity contribution in [1.29, 1.82) is 5.26 Å². The van der Waals surface area contributed by atoms with Gasteiger partial charge in [-0.2, -0.15) is 5.26 Å². The summed E-state index contributed by atoms with van der Waals surface area (Å²) in [7, 11) is 0. The maximum absolute atomic E-state index is 13.9. The number of hydrogen-bond acceptors (Lipinski definition) is 1. The summed E-state index contributed by atoms with van der Waals surface area (Å²) >= 11 is 0. The van der Waals surface area contributed by atoms with E-state index in [4.69, 9.17) is 5.26 Å². The Hall–Kier alpha value is -1.43. The van der Waals surface area contributed by atoms with Gasteiger partial charge in [-0.15, -0.1) is 0 Å². The van der Waals surface area contributed by atoms with E-state index in [2.05, 4.69) is 6.92 Å². The van der Waals surface area contributed by atoms with Crippen LogP contribution in [0.3, 0.4) is 0 Å². The van der Waals surface area contributed by atoms with Crippen molar-refractivity contribution in [3.8, 4) is 6.07 Å². The normalized spacial score (nSPS) is 21.5. The molecule has 1 nitrogen and oxygen atoms in total. The fraction of sp³-hybridized carbons (Fsp3) is 0.632. The molecular weight excluding hydrogens is 280 g/mol. The van der Waals surface area contributed by atoms with E-state index >= 15 is 0 Å². The summed E-state index contributed by atoms with van der Waals surface area (Å²) in [6.45, 7) is 2.23. The molecule has 0 amide bonds. The molecule has 1 aromatic carbocycles. The molecule has 3 heteroatoms. The van der Waals surface area contributed by atoms with Gasteiger partial charge in [0, 0.05) is 0 Å². The lowest BCUT2D eigenvalue weighted by molar-refractivity contribution is 0.249. The summed E-state index contributed by atoms with van der Waals surface area (Å²) in [5.74, 6) is -0.324. The Labute approximate surface area is 132 Å². The molecule has 0 atom stereocenters. The molecule has 2 rings (SSSR count). The van der Waals surface area contributed by atoms with Crippen LogP contribution in [0, 0.1) is 34.8 Å². The Kier molecular flexibility index (Phi) is 6.36. The predicted molar refractivity (Wildman–Crippen MR) is 84.4 cm³/mol. The Morgan fingerprint density at radius 3 is 2.27 bits per heavy atom. The molecule has 0 unspecified atom stereocenters. The molecule has 1 fully saturated rings. The van der Waals surface area contributed by atoms with Gasteiger partial charge >= 0.3 is 0 Å². The van der Waals surface area contributed by atoms with Crippen molar-refractivity contribution in [1.82, 2.24) is 0 Å². The topological polar surface area (TPSA) is 23.8 Å². The lowest BCUT2D eigenvalue weighted by atomic mass is 9.78. The molecule has 120 valence electrons. The minimum atomic E-state index is -0.997. The van der Waals surface area contributed by atoms with E-state index in [1.165, 1.54) is 51.0 Å². The van der Waals surface area contributed by atoms with E-state index in [-0.39, 0.29) is 5.56 Å². The number of hydrogen-bond donors (Lipinski definition) is 0. The Morgan fingerprint density at radius 2 is 1.68 bits per heavy atom. The van der Waals surface area contributed by atoms with Gasteiger partial charge in [-0.25, -0.2) is 8.78 Å². The highest BCUT2D eigenvalue weighted by Crippen LogP contribution is 2.34. The Bertz CT molecular complexity index is 525. The number of aryl methyl sites for hydroxylation is 1. The van der Waals surface area contributed by atoms with Gasteiger partial charge < -0.3 is 0 Å². The van der Waals surface area contributed by atoms with Crippen LogP contribution in [-0.2, 0) is 6.42 Å². The highest BCUT2D eigenvalue weighted by molar-refractivity contribution is 5.34. The van der Waals surface area contributed by atoms with Crippen molar-refractivity contribution in [2.45, 2.75) is 64.7 Å². The molecule has 0 N–H and O–H groups in total. The van der Waals surface area contributed by atoms with Crippen molar-refractivity contribution in [2.75, 3.05) is 0 Å². The van der Waals surface area contributed by atoms with Crippen molar-refractivity contribution < 1.29 is 8.78 Å². The summed E-state index contributed by atoms with van der Waals surface area (Å²) in [4.78, 5) is 0. The SMILES string of the molecule is CCCCC1CCC(CCc2ccc(C#N)c(F)c2F)CC1. The third-order valence-electron chi connectivity index (χ3n) is 5.04. The van der Waals surface area contributed by atoms with Crippen LogP contribution in [0.15, 0.2) is 12.1 Å². The van der Waals surface area contributed by atoms with Crippen LogP contribution in [0.5, 0.6) is 0 Å². The number of nitriles is 1.